The number of hydrogen-bond donors (Lipinski definition) is 2. The molecule has 3 aromatic rings. The topological polar surface area (TPSA) is 27.8 Å². The molecule has 1 aromatic heterocycles. The summed E-state index contributed by atoms with van der Waals surface area (Å²) in [6.07, 6.45) is 1.91. The van der Waals surface area contributed by atoms with Crippen LogP contribution in [-0.2, 0) is 6.54 Å². The van der Waals surface area contributed by atoms with Gasteiger partial charge in [-0.3, -0.25) is 0 Å². The Labute approximate surface area is 104 Å². The summed E-state index contributed by atoms with van der Waals surface area (Å²) in [4.78, 5) is 3.17. The number of hydrogen-bond acceptors (Lipinski definition) is 1. The van der Waals surface area contributed by atoms with Crippen LogP contribution in [0.1, 0.15) is 5.56 Å². The number of para-hydroxylation sites is 1. The Morgan fingerprint density at radius 2 is 1.89 bits per heavy atom. The largest absolute Gasteiger partial charge is 0.379 e. The van der Waals surface area contributed by atoms with E-state index in [0.29, 0.717) is 12.2 Å². The molecule has 2 N–H and O–H groups in total. The quantitative estimate of drug-likeness (QED) is 0.713. The van der Waals surface area contributed by atoms with Gasteiger partial charge in [-0.1, -0.05) is 24.3 Å². The van der Waals surface area contributed by atoms with E-state index in [1.54, 1.807) is 12.1 Å². The van der Waals surface area contributed by atoms with E-state index in [1.807, 2.05) is 36.5 Å². The van der Waals surface area contributed by atoms with E-state index in [9.17, 15) is 4.39 Å². The van der Waals surface area contributed by atoms with E-state index in [4.69, 9.17) is 0 Å². The highest BCUT2D eigenvalue weighted by Crippen LogP contribution is 2.19. The van der Waals surface area contributed by atoms with Crippen LogP contribution in [0, 0.1) is 5.82 Å². The zero-order valence-electron chi connectivity index (χ0n) is 9.78. The lowest BCUT2D eigenvalue weighted by atomic mass is 10.1. The van der Waals surface area contributed by atoms with Crippen molar-refractivity contribution in [2.75, 3.05) is 5.32 Å². The van der Waals surface area contributed by atoms with Crippen molar-refractivity contribution in [1.82, 2.24) is 4.98 Å². The van der Waals surface area contributed by atoms with Gasteiger partial charge in [-0.2, -0.15) is 0 Å². The first-order valence-electron chi connectivity index (χ1n) is 5.88. The lowest BCUT2D eigenvalue weighted by Crippen LogP contribution is -2.01. The number of fused-ring (bicyclic) bond motifs is 1. The van der Waals surface area contributed by atoms with Gasteiger partial charge in [-0.05, 0) is 29.8 Å². The zero-order valence-corrected chi connectivity index (χ0v) is 9.78. The predicted octanol–water partition coefficient (Wildman–Crippen LogP) is 3.92. The molecule has 0 amide bonds. The van der Waals surface area contributed by atoms with Gasteiger partial charge in [0.15, 0.2) is 0 Å². The Kier molecular flexibility index (Phi) is 2.73. The number of H-pyrrole nitrogens is 1. The van der Waals surface area contributed by atoms with Gasteiger partial charge < -0.3 is 10.3 Å². The van der Waals surface area contributed by atoms with Crippen LogP contribution in [0.5, 0.6) is 0 Å². The van der Waals surface area contributed by atoms with E-state index in [0.717, 1.165) is 11.1 Å². The minimum absolute atomic E-state index is 0.223. The maximum atomic E-state index is 13.5. The van der Waals surface area contributed by atoms with Crippen molar-refractivity contribution in [2.24, 2.45) is 0 Å². The van der Waals surface area contributed by atoms with E-state index in [1.165, 1.54) is 11.5 Å². The predicted molar refractivity (Wildman–Crippen MR) is 72.0 cm³/mol. The molecule has 0 saturated carbocycles. The van der Waals surface area contributed by atoms with Crippen LogP contribution in [0.25, 0.3) is 10.9 Å². The Morgan fingerprint density at radius 3 is 2.78 bits per heavy atom. The van der Waals surface area contributed by atoms with Crippen LogP contribution < -0.4 is 5.32 Å². The molecule has 1 heterocycles. The molecule has 2 aromatic carbocycles. The van der Waals surface area contributed by atoms with E-state index in [-0.39, 0.29) is 5.82 Å². The summed E-state index contributed by atoms with van der Waals surface area (Å²) in [6, 6.07) is 14.8. The summed E-state index contributed by atoms with van der Waals surface area (Å²) in [5.74, 6) is -0.223. The summed E-state index contributed by atoms with van der Waals surface area (Å²) >= 11 is 0. The van der Waals surface area contributed by atoms with E-state index < -0.39 is 0 Å². The second-order valence-electron chi connectivity index (χ2n) is 4.19. The van der Waals surface area contributed by atoms with Crippen LogP contribution in [0.2, 0.25) is 0 Å². The number of benzene rings is 2. The highest BCUT2D eigenvalue weighted by atomic mass is 19.1. The molecule has 0 fully saturated rings. The van der Waals surface area contributed by atoms with Gasteiger partial charge in [0.25, 0.3) is 0 Å². The fourth-order valence-corrected chi connectivity index (χ4v) is 2.10. The van der Waals surface area contributed by atoms with Crippen LogP contribution in [0.3, 0.4) is 0 Å². The second-order valence-corrected chi connectivity index (χ2v) is 4.19. The zero-order chi connectivity index (χ0) is 12.4. The van der Waals surface area contributed by atoms with Crippen molar-refractivity contribution < 1.29 is 4.39 Å². The number of rotatable bonds is 3. The third kappa shape index (κ3) is 1.95. The molecule has 90 valence electrons. The number of halogens is 1. The maximum Gasteiger partial charge on any atom is 0.146 e. The van der Waals surface area contributed by atoms with Crippen molar-refractivity contribution in [3.8, 4) is 0 Å². The fourth-order valence-electron chi connectivity index (χ4n) is 2.10. The fraction of sp³-hybridized carbons (Fsp3) is 0.0667. The minimum Gasteiger partial charge on any atom is -0.379 e. The second kappa shape index (κ2) is 4.53. The highest BCUT2D eigenvalue weighted by molar-refractivity contribution is 5.83. The lowest BCUT2D eigenvalue weighted by Gasteiger charge is -2.08. The molecule has 0 unspecified atom stereocenters. The number of aromatic amines is 1. The molecule has 2 nitrogen and oxygen atoms in total. The minimum atomic E-state index is -0.223. The number of nitrogens with one attached hydrogen (secondary N) is 2. The first-order chi connectivity index (χ1) is 8.84. The van der Waals surface area contributed by atoms with Gasteiger partial charge in [0.1, 0.15) is 5.82 Å². The molecule has 0 saturated heterocycles. The summed E-state index contributed by atoms with van der Waals surface area (Å²) in [5.41, 5.74) is 2.78. The Morgan fingerprint density at radius 1 is 1.00 bits per heavy atom. The van der Waals surface area contributed by atoms with Crippen LogP contribution in [-0.4, -0.2) is 4.98 Å². The number of aromatic nitrogens is 1. The Bertz CT molecular complexity index is 673. The Balaban J connectivity index is 1.85. The molecule has 0 atom stereocenters. The summed E-state index contributed by atoms with van der Waals surface area (Å²) in [7, 11) is 0. The first kappa shape index (κ1) is 10.8. The van der Waals surface area contributed by atoms with Crippen molar-refractivity contribution in [1.29, 1.82) is 0 Å². The lowest BCUT2D eigenvalue weighted by molar-refractivity contribution is 0.630. The van der Waals surface area contributed by atoms with E-state index >= 15 is 0 Å². The normalized spacial score (nSPS) is 10.7. The first-order valence-corrected chi connectivity index (χ1v) is 5.88. The molecule has 3 rings (SSSR count). The molecule has 18 heavy (non-hydrogen) atoms. The summed E-state index contributed by atoms with van der Waals surface area (Å²) in [6.45, 7) is 0.607. The van der Waals surface area contributed by atoms with Crippen molar-refractivity contribution in [3.05, 3.63) is 66.1 Å². The van der Waals surface area contributed by atoms with Gasteiger partial charge in [0.2, 0.25) is 0 Å². The molecule has 0 bridgehead atoms. The smallest absolute Gasteiger partial charge is 0.146 e. The molecule has 0 aliphatic heterocycles. The standard InChI is InChI=1S/C15H13FN2/c16-13-5-1-2-6-15(13)18-10-11-4-3-7-14-12(11)8-9-17-14/h1-9,17-18H,10H2. The van der Waals surface area contributed by atoms with Crippen LogP contribution in [0.15, 0.2) is 54.7 Å². The van der Waals surface area contributed by atoms with Gasteiger partial charge in [-0.25, -0.2) is 4.39 Å². The van der Waals surface area contributed by atoms with Crippen LogP contribution >= 0.6 is 0 Å². The molecule has 0 aliphatic carbocycles. The average molecular weight is 240 g/mol. The SMILES string of the molecule is Fc1ccccc1NCc1cccc2[nH]ccc12. The van der Waals surface area contributed by atoms with E-state index in [2.05, 4.69) is 10.3 Å². The van der Waals surface area contributed by atoms with Gasteiger partial charge >= 0.3 is 0 Å². The average Bonchev–Trinajstić information content (AvgIpc) is 2.86. The van der Waals surface area contributed by atoms with Gasteiger partial charge in [-0.15, -0.1) is 0 Å². The molecule has 3 heteroatoms. The maximum absolute atomic E-state index is 13.5. The molecular formula is C15H13FN2. The van der Waals surface area contributed by atoms with Gasteiger partial charge in [0, 0.05) is 23.6 Å². The van der Waals surface area contributed by atoms with Gasteiger partial charge in [0.05, 0.1) is 5.69 Å². The molecule has 0 radical (unpaired) electrons. The van der Waals surface area contributed by atoms with Crippen molar-refractivity contribution in [3.63, 3.8) is 0 Å². The Hall–Kier alpha value is -2.29. The van der Waals surface area contributed by atoms with Crippen molar-refractivity contribution in [2.45, 2.75) is 6.54 Å². The molecule has 0 spiro atoms. The third-order valence-electron chi connectivity index (χ3n) is 3.03. The summed E-state index contributed by atoms with van der Waals surface area (Å²) < 4.78 is 13.5. The van der Waals surface area contributed by atoms with Crippen molar-refractivity contribution >= 4 is 16.6 Å². The monoisotopic (exact) mass is 240 g/mol. The highest BCUT2D eigenvalue weighted by Gasteiger charge is 2.03. The molecular weight excluding hydrogens is 227 g/mol. The number of anilines is 1. The third-order valence-corrected chi connectivity index (χ3v) is 3.03. The van der Waals surface area contributed by atoms with Crippen LogP contribution in [0.4, 0.5) is 10.1 Å². The molecule has 0 aliphatic rings. The summed E-state index contributed by atoms with van der Waals surface area (Å²) in [5, 5.41) is 4.29.